The first-order valence-electron chi connectivity index (χ1n) is 7.70. The summed E-state index contributed by atoms with van der Waals surface area (Å²) in [5.41, 5.74) is 2.90. The zero-order valence-electron chi connectivity index (χ0n) is 13.9. The van der Waals surface area contributed by atoms with E-state index in [0.717, 1.165) is 5.56 Å². The maximum atomic E-state index is 12.3. The Bertz CT molecular complexity index is 680. The number of hydrogen-bond acceptors (Lipinski definition) is 2. The molecule has 1 N–H and O–H groups in total. The average Bonchev–Trinajstić information content (AvgIpc) is 2.51. The Morgan fingerprint density at radius 3 is 2.35 bits per heavy atom. The zero-order valence-corrected chi connectivity index (χ0v) is 14.6. The lowest BCUT2D eigenvalue weighted by atomic mass is 10.0. The van der Waals surface area contributed by atoms with E-state index in [-0.39, 0.29) is 5.91 Å². The van der Waals surface area contributed by atoms with Crippen molar-refractivity contribution in [1.82, 2.24) is 0 Å². The van der Waals surface area contributed by atoms with Gasteiger partial charge in [0.2, 0.25) is 0 Å². The number of rotatable bonds is 5. The van der Waals surface area contributed by atoms with E-state index in [4.69, 9.17) is 16.3 Å². The highest BCUT2D eigenvalue weighted by Crippen LogP contribution is 2.22. The maximum Gasteiger partial charge on any atom is 0.265 e. The second kappa shape index (κ2) is 7.51. The van der Waals surface area contributed by atoms with Crippen molar-refractivity contribution in [3.8, 4) is 5.75 Å². The van der Waals surface area contributed by atoms with Crippen LogP contribution in [0.25, 0.3) is 0 Å². The molecule has 0 radical (unpaired) electrons. The molecular formula is C19H22ClNO2. The van der Waals surface area contributed by atoms with Crippen LogP contribution >= 0.6 is 11.6 Å². The molecule has 0 aliphatic heterocycles. The van der Waals surface area contributed by atoms with E-state index >= 15 is 0 Å². The molecule has 2 aromatic rings. The monoisotopic (exact) mass is 331 g/mol. The third-order valence-corrected chi connectivity index (χ3v) is 3.92. The molecule has 0 aliphatic carbocycles. The van der Waals surface area contributed by atoms with Gasteiger partial charge in [-0.1, -0.05) is 43.6 Å². The topological polar surface area (TPSA) is 38.3 Å². The lowest BCUT2D eigenvalue weighted by molar-refractivity contribution is -0.122. The molecule has 23 heavy (non-hydrogen) atoms. The molecule has 122 valence electrons. The number of anilines is 1. The van der Waals surface area contributed by atoms with Crippen LogP contribution in [0.15, 0.2) is 42.5 Å². The lowest BCUT2D eigenvalue weighted by Gasteiger charge is -2.16. The predicted molar refractivity (Wildman–Crippen MR) is 95.4 cm³/mol. The molecule has 1 atom stereocenters. The SMILES string of the molecule is Cc1ccc(Cl)cc1NC(=O)C(C)Oc1ccc(C(C)C)cc1. The van der Waals surface area contributed by atoms with Crippen LogP contribution in [0.3, 0.4) is 0 Å². The molecule has 1 unspecified atom stereocenters. The summed E-state index contributed by atoms with van der Waals surface area (Å²) in [6.45, 7) is 7.92. The minimum atomic E-state index is -0.599. The summed E-state index contributed by atoms with van der Waals surface area (Å²) in [5.74, 6) is 0.943. The zero-order chi connectivity index (χ0) is 17.0. The van der Waals surface area contributed by atoms with Gasteiger partial charge in [0.15, 0.2) is 6.10 Å². The highest BCUT2D eigenvalue weighted by molar-refractivity contribution is 6.31. The Hall–Kier alpha value is -2.00. The summed E-state index contributed by atoms with van der Waals surface area (Å²) in [5, 5.41) is 3.44. The summed E-state index contributed by atoms with van der Waals surface area (Å²) in [6.07, 6.45) is -0.599. The first kappa shape index (κ1) is 17.4. The van der Waals surface area contributed by atoms with E-state index in [0.29, 0.717) is 22.4 Å². The molecule has 3 nitrogen and oxygen atoms in total. The number of carbonyl (C=O) groups is 1. The fraction of sp³-hybridized carbons (Fsp3) is 0.316. The van der Waals surface area contributed by atoms with Crippen LogP contribution in [0.1, 0.15) is 37.8 Å². The van der Waals surface area contributed by atoms with Gasteiger partial charge in [0, 0.05) is 10.7 Å². The van der Waals surface area contributed by atoms with Crippen LogP contribution < -0.4 is 10.1 Å². The summed E-state index contributed by atoms with van der Waals surface area (Å²) in [4.78, 5) is 12.3. The third kappa shape index (κ3) is 4.73. The first-order valence-corrected chi connectivity index (χ1v) is 8.08. The highest BCUT2D eigenvalue weighted by Gasteiger charge is 2.16. The number of benzene rings is 2. The van der Waals surface area contributed by atoms with Crippen LogP contribution in [-0.2, 0) is 4.79 Å². The molecule has 0 saturated heterocycles. The predicted octanol–water partition coefficient (Wildman–Crippen LogP) is 5.18. The first-order chi connectivity index (χ1) is 10.9. The van der Waals surface area contributed by atoms with Crippen LogP contribution in [0.5, 0.6) is 5.75 Å². The minimum absolute atomic E-state index is 0.205. The van der Waals surface area contributed by atoms with Crippen LogP contribution in [0.4, 0.5) is 5.69 Å². The van der Waals surface area contributed by atoms with Gasteiger partial charge in [-0.25, -0.2) is 0 Å². The van der Waals surface area contributed by atoms with Crippen molar-refractivity contribution < 1.29 is 9.53 Å². The quantitative estimate of drug-likeness (QED) is 0.820. The van der Waals surface area contributed by atoms with Gasteiger partial charge in [-0.05, 0) is 55.2 Å². The van der Waals surface area contributed by atoms with E-state index in [9.17, 15) is 4.79 Å². The van der Waals surface area contributed by atoms with Crippen molar-refractivity contribution in [2.45, 2.75) is 39.7 Å². The molecule has 0 aliphatic rings. The Morgan fingerprint density at radius 2 is 1.74 bits per heavy atom. The number of carbonyl (C=O) groups excluding carboxylic acids is 1. The number of amides is 1. The van der Waals surface area contributed by atoms with Gasteiger partial charge in [0.05, 0.1) is 0 Å². The molecule has 4 heteroatoms. The number of aryl methyl sites for hydroxylation is 1. The fourth-order valence-corrected chi connectivity index (χ4v) is 2.32. The van der Waals surface area contributed by atoms with Gasteiger partial charge in [0.25, 0.3) is 5.91 Å². The fourth-order valence-electron chi connectivity index (χ4n) is 2.15. The number of hydrogen-bond donors (Lipinski definition) is 1. The van der Waals surface area contributed by atoms with Crippen molar-refractivity contribution in [1.29, 1.82) is 0 Å². The summed E-state index contributed by atoms with van der Waals surface area (Å²) in [7, 11) is 0. The van der Waals surface area contributed by atoms with E-state index < -0.39 is 6.10 Å². The second-order valence-electron chi connectivity index (χ2n) is 5.93. The van der Waals surface area contributed by atoms with Crippen molar-refractivity contribution >= 4 is 23.2 Å². The molecule has 0 aromatic heterocycles. The smallest absolute Gasteiger partial charge is 0.265 e. The molecule has 2 rings (SSSR count). The Labute approximate surface area is 142 Å². The molecule has 0 fully saturated rings. The molecule has 0 bridgehead atoms. The van der Waals surface area contributed by atoms with Crippen LogP contribution in [0.2, 0.25) is 5.02 Å². The molecule has 2 aromatic carbocycles. The molecule has 0 spiro atoms. The van der Waals surface area contributed by atoms with Crippen molar-refractivity contribution in [3.63, 3.8) is 0 Å². The Kier molecular flexibility index (Phi) is 5.67. The number of halogens is 1. The van der Waals surface area contributed by atoms with E-state index in [2.05, 4.69) is 19.2 Å². The van der Waals surface area contributed by atoms with Gasteiger partial charge in [-0.3, -0.25) is 4.79 Å². The highest BCUT2D eigenvalue weighted by atomic mass is 35.5. The molecular weight excluding hydrogens is 310 g/mol. The van der Waals surface area contributed by atoms with E-state index in [1.165, 1.54) is 5.56 Å². The van der Waals surface area contributed by atoms with Crippen molar-refractivity contribution in [3.05, 3.63) is 58.6 Å². The van der Waals surface area contributed by atoms with E-state index in [1.54, 1.807) is 19.1 Å². The summed E-state index contributed by atoms with van der Waals surface area (Å²) < 4.78 is 5.71. The normalized spacial score (nSPS) is 12.1. The minimum Gasteiger partial charge on any atom is -0.481 e. The van der Waals surface area contributed by atoms with Crippen LogP contribution in [-0.4, -0.2) is 12.0 Å². The maximum absolute atomic E-state index is 12.3. The second-order valence-corrected chi connectivity index (χ2v) is 6.37. The van der Waals surface area contributed by atoms with Gasteiger partial charge >= 0.3 is 0 Å². The van der Waals surface area contributed by atoms with Crippen LogP contribution in [0, 0.1) is 6.92 Å². The molecule has 1 amide bonds. The van der Waals surface area contributed by atoms with E-state index in [1.807, 2.05) is 37.3 Å². The molecule has 0 saturated carbocycles. The average molecular weight is 332 g/mol. The molecule has 0 heterocycles. The Balaban J connectivity index is 2.01. The van der Waals surface area contributed by atoms with Crippen molar-refractivity contribution in [2.75, 3.05) is 5.32 Å². The third-order valence-electron chi connectivity index (χ3n) is 3.69. The van der Waals surface area contributed by atoms with Gasteiger partial charge in [-0.2, -0.15) is 0 Å². The van der Waals surface area contributed by atoms with Crippen molar-refractivity contribution in [2.24, 2.45) is 0 Å². The van der Waals surface area contributed by atoms with Gasteiger partial charge in [0.1, 0.15) is 5.75 Å². The standard InChI is InChI=1S/C19H22ClNO2/c1-12(2)15-6-9-17(10-7-15)23-14(4)19(22)21-18-11-16(20)8-5-13(18)3/h5-12,14H,1-4H3,(H,21,22). The summed E-state index contributed by atoms with van der Waals surface area (Å²) in [6, 6.07) is 13.2. The number of ether oxygens (including phenoxy) is 1. The van der Waals surface area contributed by atoms with Gasteiger partial charge < -0.3 is 10.1 Å². The Morgan fingerprint density at radius 1 is 1.09 bits per heavy atom. The largest absolute Gasteiger partial charge is 0.481 e. The number of nitrogens with one attached hydrogen (secondary N) is 1. The summed E-state index contributed by atoms with van der Waals surface area (Å²) >= 11 is 5.97. The lowest BCUT2D eigenvalue weighted by Crippen LogP contribution is -2.30. The van der Waals surface area contributed by atoms with Gasteiger partial charge in [-0.15, -0.1) is 0 Å².